The molecule has 2 rings (SSSR count). The average Bonchev–Trinajstić information content (AvgIpc) is 2.45. The van der Waals surface area contributed by atoms with Gasteiger partial charge in [0, 0.05) is 29.8 Å². The molecule has 0 bridgehead atoms. The molecule has 0 unspecified atom stereocenters. The SMILES string of the molecule is Nc1cccc(CN(CCO)Cc2ccccc2)c1Br. The summed E-state index contributed by atoms with van der Waals surface area (Å²) < 4.78 is 0.941. The van der Waals surface area contributed by atoms with E-state index >= 15 is 0 Å². The van der Waals surface area contributed by atoms with Gasteiger partial charge in [-0.05, 0) is 33.1 Å². The molecule has 0 heterocycles. The number of nitrogens with zero attached hydrogens (tertiary/aromatic N) is 1. The third kappa shape index (κ3) is 4.07. The lowest BCUT2D eigenvalue weighted by Crippen LogP contribution is -2.26. The van der Waals surface area contributed by atoms with Crippen molar-refractivity contribution in [3.05, 3.63) is 64.1 Å². The molecule has 106 valence electrons. The van der Waals surface area contributed by atoms with Gasteiger partial charge >= 0.3 is 0 Å². The number of rotatable bonds is 6. The van der Waals surface area contributed by atoms with Crippen molar-refractivity contribution in [2.75, 3.05) is 18.9 Å². The van der Waals surface area contributed by atoms with Gasteiger partial charge in [-0.15, -0.1) is 0 Å². The van der Waals surface area contributed by atoms with Gasteiger partial charge < -0.3 is 10.8 Å². The lowest BCUT2D eigenvalue weighted by molar-refractivity contribution is 0.184. The predicted molar refractivity (Wildman–Crippen MR) is 86.2 cm³/mol. The minimum atomic E-state index is 0.146. The van der Waals surface area contributed by atoms with Gasteiger partial charge in [0.25, 0.3) is 0 Å². The van der Waals surface area contributed by atoms with E-state index in [9.17, 15) is 5.11 Å². The Kier molecular flexibility index (Phi) is 5.59. The summed E-state index contributed by atoms with van der Waals surface area (Å²) in [7, 11) is 0. The second-order valence-corrected chi connectivity index (χ2v) is 5.53. The van der Waals surface area contributed by atoms with Crippen molar-refractivity contribution in [3.8, 4) is 0 Å². The summed E-state index contributed by atoms with van der Waals surface area (Å²) in [5.41, 5.74) is 9.02. The molecule has 0 aromatic heterocycles. The summed E-state index contributed by atoms with van der Waals surface area (Å²) in [5.74, 6) is 0. The number of hydrogen-bond acceptors (Lipinski definition) is 3. The number of aliphatic hydroxyl groups excluding tert-OH is 1. The standard InChI is InChI=1S/C16H19BrN2O/c17-16-14(7-4-8-15(16)18)12-19(9-10-20)11-13-5-2-1-3-6-13/h1-8,20H,9-12,18H2. The van der Waals surface area contributed by atoms with Gasteiger partial charge in [0.05, 0.1) is 6.61 Å². The smallest absolute Gasteiger partial charge is 0.0558 e. The molecule has 0 saturated heterocycles. The number of aliphatic hydroxyl groups is 1. The van der Waals surface area contributed by atoms with Crippen LogP contribution in [0.5, 0.6) is 0 Å². The van der Waals surface area contributed by atoms with E-state index in [4.69, 9.17) is 5.73 Å². The fourth-order valence-corrected chi connectivity index (χ4v) is 2.55. The minimum absolute atomic E-state index is 0.146. The molecule has 4 heteroatoms. The number of nitrogens with two attached hydrogens (primary N) is 1. The maximum absolute atomic E-state index is 9.24. The molecule has 0 amide bonds. The molecule has 0 spiro atoms. The zero-order chi connectivity index (χ0) is 14.4. The Hall–Kier alpha value is -1.36. The van der Waals surface area contributed by atoms with Crippen LogP contribution in [0.3, 0.4) is 0 Å². The lowest BCUT2D eigenvalue weighted by Gasteiger charge is -2.22. The van der Waals surface area contributed by atoms with Gasteiger partial charge in [-0.2, -0.15) is 0 Å². The number of nitrogen functional groups attached to an aromatic ring is 1. The Morgan fingerprint density at radius 1 is 1.00 bits per heavy atom. The zero-order valence-electron chi connectivity index (χ0n) is 11.3. The second kappa shape index (κ2) is 7.43. The maximum Gasteiger partial charge on any atom is 0.0558 e. The largest absolute Gasteiger partial charge is 0.398 e. The Morgan fingerprint density at radius 2 is 1.75 bits per heavy atom. The molecular formula is C16H19BrN2O. The first-order valence-electron chi connectivity index (χ1n) is 6.60. The van der Waals surface area contributed by atoms with E-state index in [0.29, 0.717) is 6.54 Å². The van der Waals surface area contributed by atoms with Crippen molar-refractivity contribution in [2.24, 2.45) is 0 Å². The Labute approximate surface area is 128 Å². The van der Waals surface area contributed by atoms with E-state index in [1.807, 2.05) is 30.3 Å². The molecule has 2 aromatic rings. The first-order chi connectivity index (χ1) is 9.70. The number of benzene rings is 2. The molecule has 0 fully saturated rings. The van der Waals surface area contributed by atoms with Crippen LogP contribution in [-0.2, 0) is 13.1 Å². The number of anilines is 1. The zero-order valence-corrected chi connectivity index (χ0v) is 12.9. The summed E-state index contributed by atoms with van der Waals surface area (Å²) in [5, 5.41) is 9.24. The quantitative estimate of drug-likeness (QED) is 0.798. The van der Waals surface area contributed by atoms with Gasteiger partial charge in [0.15, 0.2) is 0 Å². The summed E-state index contributed by atoms with van der Waals surface area (Å²) in [4.78, 5) is 2.20. The first kappa shape index (κ1) is 15.0. The Bertz CT molecular complexity index is 545. The molecule has 3 nitrogen and oxygen atoms in total. The molecule has 0 saturated carbocycles. The molecule has 2 aromatic carbocycles. The van der Waals surface area contributed by atoms with Gasteiger partial charge in [0.2, 0.25) is 0 Å². The first-order valence-corrected chi connectivity index (χ1v) is 7.40. The fraction of sp³-hybridized carbons (Fsp3) is 0.250. The topological polar surface area (TPSA) is 49.5 Å². The molecular weight excluding hydrogens is 316 g/mol. The van der Waals surface area contributed by atoms with Crippen molar-refractivity contribution < 1.29 is 5.11 Å². The van der Waals surface area contributed by atoms with Crippen LogP contribution in [-0.4, -0.2) is 23.2 Å². The normalized spacial score (nSPS) is 10.9. The van der Waals surface area contributed by atoms with Crippen LogP contribution >= 0.6 is 15.9 Å². The summed E-state index contributed by atoms with van der Waals surface area (Å²) in [6, 6.07) is 16.1. The van der Waals surface area contributed by atoms with Gasteiger partial charge in [-0.25, -0.2) is 0 Å². The summed E-state index contributed by atoms with van der Waals surface area (Å²) in [6.45, 7) is 2.34. The molecule has 0 aliphatic carbocycles. The van der Waals surface area contributed by atoms with E-state index in [-0.39, 0.29) is 6.61 Å². The number of halogens is 1. The number of hydrogen-bond donors (Lipinski definition) is 2. The molecule has 3 N–H and O–H groups in total. The van der Waals surface area contributed by atoms with Gasteiger partial charge in [0.1, 0.15) is 0 Å². The van der Waals surface area contributed by atoms with Crippen LogP contribution in [0.1, 0.15) is 11.1 Å². The predicted octanol–water partition coefficient (Wildman–Crippen LogP) is 3.03. The van der Waals surface area contributed by atoms with Crippen molar-refractivity contribution in [3.63, 3.8) is 0 Å². The van der Waals surface area contributed by atoms with E-state index in [2.05, 4.69) is 39.0 Å². The molecule has 20 heavy (non-hydrogen) atoms. The summed E-state index contributed by atoms with van der Waals surface area (Å²) in [6.07, 6.45) is 0. The monoisotopic (exact) mass is 334 g/mol. The van der Waals surface area contributed by atoms with Crippen LogP contribution in [0, 0.1) is 0 Å². The lowest BCUT2D eigenvalue weighted by atomic mass is 10.1. The molecule has 0 aliphatic heterocycles. The van der Waals surface area contributed by atoms with Crippen LogP contribution in [0.25, 0.3) is 0 Å². The second-order valence-electron chi connectivity index (χ2n) is 4.74. The minimum Gasteiger partial charge on any atom is -0.398 e. The van der Waals surface area contributed by atoms with Crippen molar-refractivity contribution >= 4 is 21.6 Å². The molecule has 0 radical (unpaired) electrons. The molecule has 0 aliphatic rings. The Balaban J connectivity index is 2.11. The van der Waals surface area contributed by atoms with Crippen LogP contribution in [0.2, 0.25) is 0 Å². The third-order valence-electron chi connectivity index (χ3n) is 3.17. The highest BCUT2D eigenvalue weighted by molar-refractivity contribution is 9.10. The van der Waals surface area contributed by atoms with E-state index < -0.39 is 0 Å². The average molecular weight is 335 g/mol. The van der Waals surface area contributed by atoms with Gasteiger partial charge in [-0.3, -0.25) is 4.90 Å². The van der Waals surface area contributed by atoms with Crippen LogP contribution in [0.4, 0.5) is 5.69 Å². The van der Waals surface area contributed by atoms with E-state index in [1.165, 1.54) is 5.56 Å². The highest BCUT2D eigenvalue weighted by atomic mass is 79.9. The van der Waals surface area contributed by atoms with Crippen LogP contribution in [0.15, 0.2) is 53.0 Å². The van der Waals surface area contributed by atoms with Gasteiger partial charge in [-0.1, -0.05) is 42.5 Å². The Morgan fingerprint density at radius 3 is 2.45 bits per heavy atom. The highest BCUT2D eigenvalue weighted by Crippen LogP contribution is 2.25. The fourth-order valence-electron chi connectivity index (χ4n) is 2.16. The third-order valence-corrected chi connectivity index (χ3v) is 4.13. The van der Waals surface area contributed by atoms with E-state index in [0.717, 1.165) is 28.8 Å². The van der Waals surface area contributed by atoms with Crippen molar-refractivity contribution in [2.45, 2.75) is 13.1 Å². The van der Waals surface area contributed by atoms with Crippen molar-refractivity contribution in [1.29, 1.82) is 0 Å². The maximum atomic E-state index is 9.24. The van der Waals surface area contributed by atoms with Crippen molar-refractivity contribution in [1.82, 2.24) is 4.90 Å². The molecule has 0 atom stereocenters. The van der Waals surface area contributed by atoms with Crippen LogP contribution < -0.4 is 5.73 Å². The summed E-state index contributed by atoms with van der Waals surface area (Å²) >= 11 is 3.53. The van der Waals surface area contributed by atoms with E-state index in [1.54, 1.807) is 0 Å². The highest BCUT2D eigenvalue weighted by Gasteiger charge is 2.10.